The number of aromatic nitrogens is 1. The van der Waals surface area contributed by atoms with Crippen LogP contribution >= 0.6 is 11.8 Å². The number of hydrogen-bond donors (Lipinski definition) is 2. The first-order valence-corrected chi connectivity index (χ1v) is 9.43. The summed E-state index contributed by atoms with van der Waals surface area (Å²) >= 11 is 1.86. The summed E-state index contributed by atoms with van der Waals surface area (Å²) in [5, 5.41) is 3.91. The van der Waals surface area contributed by atoms with Crippen molar-refractivity contribution in [1.29, 1.82) is 0 Å². The third kappa shape index (κ3) is 3.59. The van der Waals surface area contributed by atoms with Crippen LogP contribution in [0.4, 0.5) is 0 Å². The Hall–Kier alpha value is -1.95. The Morgan fingerprint density at radius 3 is 2.83 bits per heavy atom. The molecule has 128 valence electrons. The minimum absolute atomic E-state index is 0.0124. The van der Waals surface area contributed by atoms with E-state index in [0.29, 0.717) is 0 Å². The fraction of sp³-hybridized carbons (Fsp3) is 0.444. The number of carbonyl (C=O) groups excluding carboxylic acids is 2. The monoisotopic (exact) mass is 345 g/mol. The third-order valence-corrected chi connectivity index (χ3v) is 5.37. The highest BCUT2D eigenvalue weighted by Gasteiger charge is 2.23. The SMILES string of the molecule is Cc1cccc2c(CC(=O)NC(C)C(=O)N3CCSCC3)c[nH]c12. The molecule has 0 saturated carbocycles. The van der Waals surface area contributed by atoms with Crippen molar-refractivity contribution in [3.05, 3.63) is 35.5 Å². The van der Waals surface area contributed by atoms with Gasteiger partial charge in [0, 0.05) is 41.7 Å². The summed E-state index contributed by atoms with van der Waals surface area (Å²) in [6, 6.07) is 5.57. The van der Waals surface area contributed by atoms with Crippen LogP contribution in [0.25, 0.3) is 10.9 Å². The smallest absolute Gasteiger partial charge is 0.244 e. The van der Waals surface area contributed by atoms with Gasteiger partial charge in [-0.3, -0.25) is 9.59 Å². The number of amides is 2. The molecular weight excluding hydrogens is 322 g/mol. The lowest BCUT2D eigenvalue weighted by Gasteiger charge is -2.29. The first kappa shape index (κ1) is 16.9. The number of H-pyrrole nitrogens is 1. The molecule has 6 heteroatoms. The quantitative estimate of drug-likeness (QED) is 0.892. The van der Waals surface area contributed by atoms with Crippen LogP contribution in [0.3, 0.4) is 0 Å². The van der Waals surface area contributed by atoms with Crippen LogP contribution < -0.4 is 5.32 Å². The van der Waals surface area contributed by atoms with Crippen molar-refractivity contribution in [3.63, 3.8) is 0 Å². The summed E-state index contributed by atoms with van der Waals surface area (Å²) in [7, 11) is 0. The van der Waals surface area contributed by atoms with Crippen molar-refractivity contribution in [2.75, 3.05) is 24.6 Å². The maximum atomic E-state index is 12.4. The lowest BCUT2D eigenvalue weighted by molar-refractivity contribution is -0.135. The molecule has 1 aliphatic heterocycles. The van der Waals surface area contributed by atoms with Crippen molar-refractivity contribution in [1.82, 2.24) is 15.2 Å². The predicted octanol–water partition coefficient (Wildman–Crippen LogP) is 2.10. The first-order valence-electron chi connectivity index (χ1n) is 8.27. The average molecular weight is 345 g/mol. The van der Waals surface area contributed by atoms with Crippen LogP contribution in [0.15, 0.2) is 24.4 Å². The van der Waals surface area contributed by atoms with Crippen molar-refractivity contribution >= 4 is 34.5 Å². The molecule has 0 radical (unpaired) electrons. The number of hydrogen-bond acceptors (Lipinski definition) is 3. The molecule has 2 amide bonds. The van der Waals surface area contributed by atoms with E-state index in [1.54, 1.807) is 6.92 Å². The highest BCUT2D eigenvalue weighted by Crippen LogP contribution is 2.21. The Bertz CT molecular complexity index is 750. The molecule has 1 fully saturated rings. The third-order valence-electron chi connectivity index (χ3n) is 4.43. The number of nitrogens with one attached hydrogen (secondary N) is 2. The van der Waals surface area contributed by atoms with Gasteiger partial charge in [-0.05, 0) is 25.0 Å². The molecular formula is C18H23N3O2S. The number of para-hydroxylation sites is 1. The van der Waals surface area contributed by atoms with Crippen molar-refractivity contribution in [3.8, 4) is 0 Å². The highest BCUT2D eigenvalue weighted by atomic mass is 32.2. The van der Waals surface area contributed by atoms with Gasteiger partial charge in [0.1, 0.15) is 6.04 Å². The van der Waals surface area contributed by atoms with Gasteiger partial charge >= 0.3 is 0 Å². The van der Waals surface area contributed by atoms with Crippen LogP contribution in [0.2, 0.25) is 0 Å². The van der Waals surface area contributed by atoms with Crippen LogP contribution in [0.5, 0.6) is 0 Å². The van der Waals surface area contributed by atoms with Gasteiger partial charge in [0.2, 0.25) is 11.8 Å². The van der Waals surface area contributed by atoms with Gasteiger partial charge in [0.25, 0.3) is 0 Å². The molecule has 0 aliphatic carbocycles. The standard InChI is InChI=1S/C18H23N3O2S/c1-12-4-3-5-15-14(11-19-17(12)15)10-16(22)20-13(2)18(23)21-6-8-24-9-7-21/h3-5,11,13,19H,6-10H2,1-2H3,(H,20,22). The van der Waals surface area contributed by atoms with E-state index >= 15 is 0 Å². The van der Waals surface area contributed by atoms with Gasteiger partial charge in [-0.25, -0.2) is 0 Å². The predicted molar refractivity (Wildman–Crippen MR) is 98.2 cm³/mol. The average Bonchev–Trinajstić information content (AvgIpc) is 2.99. The summed E-state index contributed by atoms with van der Waals surface area (Å²) in [4.78, 5) is 29.8. The number of carbonyl (C=O) groups is 2. The molecule has 5 nitrogen and oxygen atoms in total. The first-order chi connectivity index (χ1) is 11.6. The fourth-order valence-electron chi connectivity index (χ4n) is 3.10. The summed E-state index contributed by atoms with van der Waals surface area (Å²) < 4.78 is 0. The van der Waals surface area contributed by atoms with Crippen molar-refractivity contribution in [2.45, 2.75) is 26.3 Å². The number of aryl methyl sites for hydroxylation is 1. The Balaban J connectivity index is 1.62. The van der Waals surface area contributed by atoms with Crippen LogP contribution in [0.1, 0.15) is 18.1 Å². The molecule has 2 heterocycles. The van der Waals surface area contributed by atoms with Gasteiger partial charge in [-0.1, -0.05) is 18.2 Å². The zero-order valence-corrected chi connectivity index (χ0v) is 14.9. The number of rotatable bonds is 4. The molecule has 3 rings (SSSR count). The largest absolute Gasteiger partial charge is 0.361 e. The Morgan fingerprint density at radius 1 is 1.33 bits per heavy atom. The topological polar surface area (TPSA) is 65.2 Å². The van der Waals surface area contributed by atoms with Crippen LogP contribution in [-0.2, 0) is 16.0 Å². The molecule has 1 atom stereocenters. The maximum Gasteiger partial charge on any atom is 0.244 e. The summed E-state index contributed by atoms with van der Waals surface area (Å²) in [5.74, 6) is 1.84. The molecule has 2 N–H and O–H groups in total. The highest BCUT2D eigenvalue weighted by molar-refractivity contribution is 7.99. The van der Waals surface area contributed by atoms with E-state index in [9.17, 15) is 9.59 Å². The van der Waals surface area contributed by atoms with E-state index < -0.39 is 6.04 Å². The Labute approximate surface area is 146 Å². The summed E-state index contributed by atoms with van der Waals surface area (Å²) in [6.07, 6.45) is 2.16. The van der Waals surface area contributed by atoms with E-state index in [-0.39, 0.29) is 18.2 Å². The molecule has 1 saturated heterocycles. The molecule has 1 aromatic heterocycles. The van der Waals surface area contributed by atoms with Gasteiger partial charge in [-0.2, -0.15) is 11.8 Å². The molecule has 1 aliphatic rings. The summed E-state index contributed by atoms with van der Waals surface area (Å²) in [6.45, 7) is 5.35. The second-order valence-corrected chi connectivity index (χ2v) is 7.44. The molecule has 2 aromatic rings. The molecule has 1 unspecified atom stereocenters. The van der Waals surface area contributed by atoms with Gasteiger partial charge in [0.15, 0.2) is 0 Å². The van der Waals surface area contributed by atoms with Crippen LogP contribution in [0, 0.1) is 6.92 Å². The number of fused-ring (bicyclic) bond motifs is 1. The van der Waals surface area contributed by atoms with Gasteiger partial charge in [0.05, 0.1) is 6.42 Å². The second-order valence-electron chi connectivity index (χ2n) is 6.22. The minimum atomic E-state index is -0.479. The van der Waals surface area contributed by atoms with E-state index in [4.69, 9.17) is 0 Å². The molecule has 0 bridgehead atoms. The van der Waals surface area contributed by atoms with E-state index in [1.165, 1.54) is 0 Å². The minimum Gasteiger partial charge on any atom is -0.361 e. The van der Waals surface area contributed by atoms with E-state index in [1.807, 2.05) is 48.0 Å². The number of nitrogens with zero attached hydrogens (tertiary/aromatic N) is 1. The zero-order valence-electron chi connectivity index (χ0n) is 14.1. The fourth-order valence-corrected chi connectivity index (χ4v) is 4.00. The molecule has 0 spiro atoms. The number of thioether (sulfide) groups is 1. The number of benzene rings is 1. The number of aromatic amines is 1. The van der Waals surface area contributed by atoms with Crippen molar-refractivity contribution in [2.24, 2.45) is 0 Å². The maximum absolute atomic E-state index is 12.4. The van der Waals surface area contributed by atoms with Crippen molar-refractivity contribution < 1.29 is 9.59 Å². The lowest BCUT2D eigenvalue weighted by atomic mass is 10.1. The Morgan fingerprint density at radius 2 is 2.08 bits per heavy atom. The molecule has 24 heavy (non-hydrogen) atoms. The van der Waals surface area contributed by atoms with Gasteiger partial charge < -0.3 is 15.2 Å². The van der Waals surface area contributed by atoms with E-state index in [2.05, 4.69) is 10.3 Å². The van der Waals surface area contributed by atoms with Gasteiger partial charge in [-0.15, -0.1) is 0 Å². The summed E-state index contributed by atoms with van der Waals surface area (Å²) in [5.41, 5.74) is 3.18. The van der Waals surface area contributed by atoms with E-state index in [0.717, 1.165) is 46.6 Å². The zero-order chi connectivity index (χ0) is 17.1. The molecule has 1 aromatic carbocycles. The normalized spacial score (nSPS) is 16.2. The second kappa shape index (κ2) is 7.30. The lowest BCUT2D eigenvalue weighted by Crippen LogP contribution is -2.49. The van der Waals surface area contributed by atoms with Crippen LogP contribution in [-0.4, -0.2) is 52.3 Å². The Kier molecular flexibility index (Phi) is 5.14.